The van der Waals surface area contributed by atoms with E-state index in [1.165, 1.54) is 0 Å². The molecular formula is C25H22Cl2N2O2. The monoisotopic (exact) mass is 452 g/mol. The lowest BCUT2D eigenvalue weighted by Gasteiger charge is -2.48. The molecule has 1 saturated heterocycles. The van der Waals surface area contributed by atoms with Gasteiger partial charge in [-0.2, -0.15) is 0 Å². The molecule has 2 aliphatic heterocycles. The van der Waals surface area contributed by atoms with E-state index in [4.69, 9.17) is 23.2 Å². The van der Waals surface area contributed by atoms with E-state index in [0.717, 1.165) is 23.1 Å². The molecule has 1 fully saturated rings. The highest BCUT2D eigenvalue weighted by molar-refractivity contribution is 6.31. The molecule has 0 saturated carbocycles. The van der Waals surface area contributed by atoms with Crippen LogP contribution in [0.3, 0.4) is 0 Å². The van der Waals surface area contributed by atoms with Gasteiger partial charge in [0.15, 0.2) is 0 Å². The van der Waals surface area contributed by atoms with E-state index in [1.807, 2.05) is 36.4 Å². The number of allylic oxidation sites excluding steroid dienone is 4. The number of hydrogen-bond donors (Lipinski definition) is 2. The maximum Gasteiger partial charge on any atom is 0.238 e. The number of carbonyl (C=O) groups is 2. The Labute approximate surface area is 191 Å². The summed E-state index contributed by atoms with van der Waals surface area (Å²) in [7, 11) is 0. The molecule has 0 aromatic heterocycles. The van der Waals surface area contributed by atoms with E-state index in [0.29, 0.717) is 15.7 Å². The molecule has 5 rings (SSSR count). The smallest absolute Gasteiger partial charge is 0.238 e. The number of fused-ring (bicyclic) bond motifs is 2. The molecule has 2 unspecified atom stereocenters. The first-order valence-electron chi connectivity index (χ1n) is 10.4. The molecule has 31 heavy (non-hydrogen) atoms. The predicted molar refractivity (Wildman–Crippen MR) is 123 cm³/mol. The zero-order valence-corrected chi connectivity index (χ0v) is 18.5. The fraction of sp³-hybridized carbons (Fsp3) is 0.280. The molecule has 4 atom stereocenters. The molecule has 4 nitrogen and oxygen atoms in total. The van der Waals surface area contributed by atoms with Crippen molar-refractivity contribution in [1.29, 1.82) is 0 Å². The Balaban J connectivity index is 1.79. The van der Waals surface area contributed by atoms with Gasteiger partial charge in [0, 0.05) is 28.1 Å². The van der Waals surface area contributed by atoms with Gasteiger partial charge in [-0.3, -0.25) is 9.59 Å². The standard InChI is InChI=1S/C25H22Cl2N2O2/c1-14-5-2-3-8-18(14)20-13-22(30)29-23(15-6-4-7-16(26)11-15)25(20)19-10-9-17(27)12-21(19)28-24(25)31/h2-4,6-12,14,20,23H,5,13H2,1H3,(H,28,31)(H,29,30)/t14?,20?,23-,25+/m0/s1. The van der Waals surface area contributed by atoms with E-state index in [1.54, 1.807) is 12.1 Å². The molecule has 2 amide bonds. The second-order valence-electron chi connectivity index (χ2n) is 8.56. The van der Waals surface area contributed by atoms with E-state index in [-0.39, 0.29) is 30.1 Å². The van der Waals surface area contributed by atoms with E-state index in [9.17, 15) is 9.59 Å². The summed E-state index contributed by atoms with van der Waals surface area (Å²) in [6.45, 7) is 2.15. The molecule has 1 aliphatic carbocycles. The average Bonchev–Trinajstić information content (AvgIpc) is 3.01. The van der Waals surface area contributed by atoms with Gasteiger partial charge in [-0.25, -0.2) is 0 Å². The molecule has 0 radical (unpaired) electrons. The molecule has 2 aromatic carbocycles. The highest BCUT2D eigenvalue weighted by Crippen LogP contribution is 2.57. The SMILES string of the molecule is CC1CC=CC=C1C1CC(=O)N[C@@H](c2cccc(Cl)c2)[C@]12C(=O)Nc1cc(Cl)ccc12. The van der Waals surface area contributed by atoms with Crippen molar-refractivity contribution in [2.24, 2.45) is 11.8 Å². The Morgan fingerprint density at radius 3 is 2.65 bits per heavy atom. The third-order valence-electron chi connectivity index (χ3n) is 6.82. The maximum atomic E-state index is 13.9. The van der Waals surface area contributed by atoms with Crippen molar-refractivity contribution in [1.82, 2.24) is 5.32 Å². The molecule has 0 bridgehead atoms. The van der Waals surface area contributed by atoms with Gasteiger partial charge in [0.25, 0.3) is 0 Å². The third kappa shape index (κ3) is 3.12. The third-order valence-corrected chi connectivity index (χ3v) is 7.29. The minimum atomic E-state index is -0.996. The van der Waals surface area contributed by atoms with Crippen LogP contribution in [0, 0.1) is 11.8 Å². The Morgan fingerprint density at radius 2 is 1.87 bits per heavy atom. The van der Waals surface area contributed by atoms with Gasteiger partial charge >= 0.3 is 0 Å². The second-order valence-corrected chi connectivity index (χ2v) is 9.43. The number of nitrogens with one attached hydrogen (secondary N) is 2. The Hall–Kier alpha value is -2.56. The van der Waals surface area contributed by atoms with Crippen LogP contribution in [0.15, 0.2) is 66.3 Å². The van der Waals surface area contributed by atoms with Crippen molar-refractivity contribution < 1.29 is 9.59 Å². The molecule has 158 valence electrons. The molecule has 2 heterocycles. The molecule has 3 aliphatic rings. The lowest BCUT2D eigenvalue weighted by molar-refractivity contribution is -0.132. The number of amides is 2. The maximum absolute atomic E-state index is 13.9. The van der Waals surface area contributed by atoms with Gasteiger partial charge in [-0.05, 0) is 47.7 Å². The van der Waals surface area contributed by atoms with Gasteiger partial charge in [0.1, 0.15) is 5.41 Å². The van der Waals surface area contributed by atoms with E-state index < -0.39 is 11.5 Å². The minimum absolute atomic E-state index is 0.0709. The lowest BCUT2D eigenvalue weighted by atomic mass is 9.57. The van der Waals surface area contributed by atoms with Crippen molar-refractivity contribution in [3.8, 4) is 0 Å². The molecule has 2 aromatic rings. The summed E-state index contributed by atoms with van der Waals surface area (Å²) in [6, 6.07) is 12.3. The van der Waals surface area contributed by atoms with Crippen LogP contribution in [-0.2, 0) is 15.0 Å². The van der Waals surface area contributed by atoms with E-state index in [2.05, 4.69) is 29.7 Å². The first kappa shape index (κ1) is 20.3. The van der Waals surface area contributed by atoms with Gasteiger partial charge in [-0.15, -0.1) is 0 Å². The number of halogens is 2. The fourth-order valence-corrected chi connectivity index (χ4v) is 5.85. The zero-order valence-electron chi connectivity index (χ0n) is 17.0. The number of carbonyl (C=O) groups excluding carboxylic acids is 2. The van der Waals surface area contributed by atoms with Crippen LogP contribution in [0.4, 0.5) is 5.69 Å². The first-order chi connectivity index (χ1) is 14.9. The quantitative estimate of drug-likeness (QED) is 0.624. The lowest BCUT2D eigenvalue weighted by Crippen LogP contribution is -2.58. The van der Waals surface area contributed by atoms with Gasteiger partial charge in [-0.1, -0.05) is 72.1 Å². The Bertz CT molecular complexity index is 1160. The van der Waals surface area contributed by atoms with Gasteiger partial charge < -0.3 is 10.6 Å². The van der Waals surface area contributed by atoms with Crippen LogP contribution >= 0.6 is 23.2 Å². The van der Waals surface area contributed by atoms with Crippen LogP contribution < -0.4 is 10.6 Å². The van der Waals surface area contributed by atoms with Crippen molar-refractivity contribution in [2.45, 2.75) is 31.2 Å². The second kappa shape index (κ2) is 7.54. The fourth-order valence-electron chi connectivity index (χ4n) is 5.48. The number of anilines is 1. The van der Waals surface area contributed by atoms with Crippen LogP contribution in [0.2, 0.25) is 10.0 Å². The van der Waals surface area contributed by atoms with Gasteiger partial charge in [0.2, 0.25) is 11.8 Å². The topological polar surface area (TPSA) is 58.2 Å². The molecule has 6 heteroatoms. The zero-order chi connectivity index (χ0) is 21.8. The minimum Gasteiger partial charge on any atom is -0.348 e. The van der Waals surface area contributed by atoms with E-state index >= 15 is 0 Å². The number of piperidine rings is 1. The molecule has 1 spiro atoms. The summed E-state index contributed by atoms with van der Waals surface area (Å²) in [5, 5.41) is 7.30. The summed E-state index contributed by atoms with van der Waals surface area (Å²) in [6.07, 6.45) is 7.36. The average molecular weight is 453 g/mol. The largest absolute Gasteiger partial charge is 0.348 e. The van der Waals surface area contributed by atoms with Crippen molar-refractivity contribution in [2.75, 3.05) is 5.32 Å². The normalized spacial score (nSPS) is 29.4. The Kier molecular flexibility index (Phi) is 4.95. The summed E-state index contributed by atoms with van der Waals surface area (Å²) < 4.78 is 0. The predicted octanol–water partition coefficient (Wildman–Crippen LogP) is 5.58. The highest BCUT2D eigenvalue weighted by Gasteiger charge is 2.61. The number of rotatable bonds is 2. The molecular weight excluding hydrogens is 431 g/mol. The summed E-state index contributed by atoms with van der Waals surface area (Å²) in [4.78, 5) is 26.8. The van der Waals surface area contributed by atoms with Crippen LogP contribution in [-0.4, -0.2) is 11.8 Å². The summed E-state index contributed by atoms with van der Waals surface area (Å²) in [5.74, 6) is -0.240. The van der Waals surface area contributed by atoms with Crippen molar-refractivity contribution >= 4 is 40.7 Å². The summed E-state index contributed by atoms with van der Waals surface area (Å²) >= 11 is 12.6. The number of benzene rings is 2. The highest BCUT2D eigenvalue weighted by atomic mass is 35.5. The molecule has 2 N–H and O–H groups in total. The van der Waals surface area contributed by atoms with Crippen molar-refractivity contribution in [3.63, 3.8) is 0 Å². The van der Waals surface area contributed by atoms with Crippen LogP contribution in [0.25, 0.3) is 0 Å². The van der Waals surface area contributed by atoms with Gasteiger partial charge in [0.05, 0.1) is 6.04 Å². The number of hydrogen-bond acceptors (Lipinski definition) is 2. The Morgan fingerprint density at radius 1 is 1.06 bits per heavy atom. The van der Waals surface area contributed by atoms with Crippen LogP contribution in [0.1, 0.15) is 36.9 Å². The van der Waals surface area contributed by atoms with Crippen LogP contribution in [0.5, 0.6) is 0 Å². The van der Waals surface area contributed by atoms with Crippen molar-refractivity contribution in [3.05, 3.63) is 87.4 Å². The summed E-state index contributed by atoms with van der Waals surface area (Å²) in [5.41, 5.74) is 2.50. The first-order valence-corrected chi connectivity index (χ1v) is 11.2.